The van der Waals surface area contributed by atoms with E-state index in [1.165, 1.54) is 31.4 Å². The summed E-state index contributed by atoms with van der Waals surface area (Å²) in [5, 5.41) is 6.59. The fourth-order valence-corrected chi connectivity index (χ4v) is 2.67. The van der Waals surface area contributed by atoms with E-state index in [0.29, 0.717) is 0 Å². The van der Waals surface area contributed by atoms with Gasteiger partial charge in [-0.25, -0.2) is 13.2 Å². The molecule has 8 heteroatoms. The summed E-state index contributed by atoms with van der Waals surface area (Å²) in [6.45, 7) is 1.93. The number of rotatable bonds is 5. The van der Waals surface area contributed by atoms with Gasteiger partial charge in [-0.15, -0.1) is 0 Å². The number of H-pyrrole nitrogens is 1. The largest absolute Gasteiger partial charge is 0.465 e. The molecule has 0 bridgehead atoms. The van der Waals surface area contributed by atoms with Crippen molar-refractivity contribution < 1.29 is 17.9 Å². The van der Waals surface area contributed by atoms with Crippen molar-refractivity contribution in [3.05, 3.63) is 41.6 Å². The SMILES string of the molecule is CCc1cc(NS(=O)(=O)c2ccc(C(=O)OC)cc2)n[nH]1. The molecule has 1 heterocycles. The molecule has 0 atom stereocenters. The van der Waals surface area contributed by atoms with Crippen molar-refractivity contribution in [3.63, 3.8) is 0 Å². The first-order valence-corrected chi connectivity index (χ1v) is 7.70. The second kappa shape index (κ2) is 5.96. The Morgan fingerprint density at radius 3 is 2.52 bits per heavy atom. The van der Waals surface area contributed by atoms with E-state index in [4.69, 9.17) is 0 Å². The van der Waals surface area contributed by atoms with Crippen molar-refractivity contribution >= 4 is 21.8 Å². The molecule has 0 unspecified atom stereocenters. The maximum absolute atomic E-state index is 12.2. The molecule has 0 saturated carbocycles. The van der Waals surface area contributed by atoms with Crippen LogP contribution in [0.15, 0.2) is 35.2 Å². The molecule has 2 aromatic rings. The molecule has 0 spiro atoms. The van der Waals surface area contributed by atoms with Crippen molar-refractivity contribution in [1.82, 2.24) is 10.2 Å². The van der Waals surface area contributed by atoms with Crippen LogP contribution >= 0.6 is 0 Å². The molecule has 0 aliphatic rings. The number of carbonyl (C=O) groups is 1. The summed E-state index contributed by atoms with van der Waals surface area (Å²) >= 11 is 0. The Morgan fingerprint density at radius 1 is 1.33 bits per heavy atom. The summed E-state index contributed by atoms with van der Waals surface area (Å²) in [7, 11) is -2.48. The van der Waals surface area contributed by atoms with E-state index >= 15 is 0 Å². The first-order valence-electron chi connectivity index (χ1n) is 6.21. The van der Waals surface area contributed by atoms with Gasteiger partial charge in [-0.2, -0.15) is 5.10 Å². The molecule has 0 aliphatic carbocycles. The fourth-order valence-electron chi connectivity index (χ4n) is 1.68. The summed E-state index contributed by atoms with van der Waals surface area (Å²) < 4.78 is 31.3. The topological polar surface area (TPSA) is 101 Å². The predicted octanol–water partition coefficient (Wildman–Crippen LogP) is 1.56. The lowest BCUT2D eigenvalue weighted by Crippen LogP contribution is -2.13. The quantitative estimate of drug-likeness (QED) is 0.816. The molecule has 7 nitrogen and oxygen atoms in total. The molecule has 0 aliphatic heterocycles. The molecule has 2 rings (SSSR count). The number of nitrogens with zero attached hydrogens (tertiary/aromatic N) is 1. The number of ether oxygens (including phenoxy) is 1. The molecule has 2 N–H and O–H groups in total. The minimum Gasteiger partial charge on any atom is -0.465 e. The number of hydrogen-bond donors (Lipinski definition) is 2. The third kappa shape index (κ3) is 3.40. The average molecular weight is 309 g/mol. The number of anilines is 1. The third-order valence-corrected chi connectivity index (χ3v) is 4.21. The molecule has 0 saturated heterocycles. The van der Waals surface area contributed by atoms with Gasteiger partial charge in [0.25, 0.3) is 10.0 Å². The van der Waals surface area contributed by atoms with Gasteiger partial charge in [-0.05, 0) is 30.7 Å². The Labute approximate surface area is 122 Å². The van der Waals surface area contributed by atoms with Crippen LogP contribution in [0.4, 0.5) is 5.82 Å². The van der Waals surface area contributed by atoms with Crippen LogP contribution in [0.25, 0.3) is 0 Å². The minimum absolute atomic E-state index is 0.0381. The summed E-state index contributed by atoms with van der Waals surface area (Å²) in [5.41, 5.74) is 1.11. The van der Waals surface area contributed by atoms with Crippen molar-refractivity contribution in [3.8, 4) is 0 Å². The van der Waals surface area contributed by atoms with Gasteiger partial charge in [-0.1, -0.05) is 6.92 Å². The van der Waals surface area contributed by atoms with Gasteiger partial charge in [-0.3, -0.25) is 9.82 Å². The standard InChI is InChI=1S/C13H15N3O4S/c1-3-10-8-12(15-14-10)16-21(18,19)11-6-4-9(5-7-11)13(17)20-2/h4-8H,3H2,1-2H3,(H2,14,15,16). The molecule has 0 amide bonds. The zero-order chi connectivity index (χ0) is 15.5. The maximum atomic E-state index is 12.2. The number of sulfonamides is 1. The number of aryl methyl sites for hydroxylation is 1. The minimum atomic E-state index is -3.74. The highest BCUT2D eigenvalue weighted by Gasteiger charge is 2.16. The highest BCUT2D eigenvalue weighted by molar-refractivity contribution is 7.92. The summed E-state index contributed by atoms with van der Waals surface area (Å²) in [5.74, 6) is -0.296. The predicted molar refractivity (Wildman–Crippen MR) is 76.6 cm³/mol. The summed E-state index contributed by atoms with van der Waals surface area (Å²) in [6.07, 6.45) is 0.725. The van der Waals surface area contributed by atoms with Crippen LogP contribution in [0.5, 0.6) is 0 Å². The number of carbonyl (C=O) groups excluding carboxylic acids is 1. The van der Waals surface area contributed by atoms with Crippen molar-refractivity contribution in [2.24, 2.45) is 0 Å². The van der Waals surface area contributed by atoms with Crippen LogP contribution in [-0.4, -0.2) is 31.7 Å². The molecule has 1 aromatic heterocycles. The van der Waals surface area contributed by atoms with E-state index < -0.39 is 16.0 Å². The average Bonchev–Trinajstić information content (AvgIpc) is 2.93. The van der Waals surface area contributed by atoms with Crippen LogP contribution in [0, 0.1) is 0 Å². The Morgan fingerprint density at radius 2 is 2.00 bits per heavy atom. The molecule has 0 fully saturated rings. The molecular formula is C13H15N3O4S. The van der Waals surface area contributed by atoms with E-state index in [1.54, 1.807) is 6.07 Å². The van der Waals surface area contributed by atoms with E-state index in [-0.39, 0.29) is 16.3 Å². The molecular weight excluding hydrogens is 294 g/mol. The van der Waals surface area contributed by atoms with E-state index in [1.807, 2.05) is 6.92 Å². The molecule has 1 aromatic carbocycles. The maximum Gasteiger partial charge on any atom is 0.337 e. The number of hydrogen-bond acceptors (Lipinski definition) is 5. The number of aromatic amines is 1. The lowest BCUT2D eigenvalue weighted by molar-refractivity contribution is 0.0600. The van der Waals surface area contributed by atoms with Gasteiger partial charge in [0, 0.05) is 11.8 Å². The highest BCUT2D eigenvalue weighted by Crippen LogP contribution is 2.16. The van der Waals surface area contributed by atoms with Gasteiger partial charge in [0.2, 0.25) is 0 Å². The zero-order valence-corrected chi connectivity index (χ0v) is 12.4. The van der Waals surface area contributed by atoms with Crippen molar-refractivity contribution in [2.45, 2.75) is 18.2 Å². The third-order valence-electron chi connectivity index (χ3n) is 2.84. The number of nitrogens with one attached hydrogen (secondary N) is 2. The van der Waals surface area contributed by atoms with Crippen LogP contribution in [0.1, 0.15) is 23.0 Å². The van der Waals surface area contributed by atoms with E-state index in [2.05, 4.69) is 19.7 Å². The normalized spacial score (nSPS) is 11.1. The lowest BCUT2D eigenvalue weighted by Gasteiger charge is -2.06. The zero-order valence-electron chi connectivity index (χ0n) is 11.6. The molecule has 0 radical (unpaired) electrons. The second-order valence-electron chi connectivity index (χ2n) is 4.25. The first kappa shape index (κ1) is 15.0. The summed E-state index contributed by atoms with van der Waals surface area (Å²) in [4.78, 5) is 11.3. The first-order chi connectivity index (χ1) is 9.96. The monoisotopic (exact) mass is 309 g/mol. The molecule has 21 heavy (non-hydrogen) atoms. The fraction of sp³-hybridized carbons (Fsp3) is 0.231. The van der Waals surface area contributed by atoms with Gasteiger partial charge in [0.05, 0.1) is 17.6 Å². The van der Waals surface area contributed by atoms with Gasteiger partial charge < -0.3 is 4.74 Å². The Balaban J connectivity index is 2.21. The van der Waals surface area contributed by atoms with Crippen LogP contribution in [-0.2, 0) is 21.2 Å². The van der Waals surface area contributed by atoms with Crippen LogP contribution in [0.3, 0.4) is 0 Å². The number of benzene rings is 1. The second-order valence-corrected chi connectivity index (χ2v) is 5.94. The smallest absolute Gasteiger partial charge is 0.337 e. The van der Waals surface area contributed by atoms with Crippen molar-refractivity contribution in [1.29, 1.82) is 0 Å². The van der Waals surface area contributed by atoms with Crippen molar-refractivity contribution in [2.75, 3.05) is 11.8 Å². The highest BCUT2D eigenvalue weighted by atomic mass is 32.2. The van der Waals surface area contributed by atoms with Crippen LogP contribution in [0.2, 0.25) is 0 Å². The van der Waals surface area contributed by atoms with Gasteiger partial charge in [0.15, 0.2) is 5.82 Å². The number of methoxy groups -OCH3 is 1. The Bertz CT molecular complexity index is 735. The number of esters is 1. The Hall–Kier alpha value is -2.35. The van der Waals surface area contributed by atoms with Gasteiger partial charge in [0.1, 0.15) is 0 Å². The van der Waals surface area contributed by atoms with Gasteiger partial charge >= 0.3 is 5.97 Å². The number of aromatic nitrogens is 2. The van der Waals surface area contributed by atoms with E-state index in [9.17, 15) is 13.2 Å². The lowest BCUT2D eigenvalue weighted by atomic mass is 10.2. The van der Waals surface area contributed by atoms with Crippen LogP contribution < -0.4 is 4.72 Å². The summed E-state index contributed by atoms with van der Waals surface area (Å²) in [6, 6.07) is 7.08. The Kier molecular flexibility index (Phi) is 4.27. The molecule has 112 valence electrons. The van der Waals surface area contributed by atoms with E-state index in [0.717, 1.165) is 12.1 Å².